The first kappa shape index (κ1) is 12.6. The molecule has 0 radical (unpaired) electrons. The summed E-state index contributed by atoms with van der Waals surface area (Å²) in [5, 5.41) is 9.34. The molecule has 0 spiro atoms. The number of aromatic nitrogens is 1. The summed E-state index contributed by atoms with van der Waals surface area (Å²) in [4.78, 5) is 4.48. The van der Waals surface area contributed by atoms with E-state index in [9.17, 15) is 5.11 Å². The molecule has 2 nitrogen and oxygen atoms in total. The molecule has 0 saturated carbocycles. The maximum Gasteiger partial charge on any atom is 0.115 e. The second-order valence-corrected chi connectivity index (χ2v) is 4.78. The van der Waals surface area contributed by atoms with E-state index in [0.29, 0.717) is 5.92 Å². The third-order valence-corrected chi connectivity index (χ3v) is 3.30. The number of phenolic OH excluding ortho intramolecular Hbond substituents is 1. The monoisotopic (exact) mass is 241 g/mol. The number of benzene rings is 1. The van der Waals surface area contributed by atoms with Crippen molar-refractivity contribution in [3.63, 3.8) is 0 Å². The molecule has 1 aromatic carbocycles. The first-order valence-corrected chi connectivity index (χ1v) is 6.44. The van der Waals surface area contributed by atoms with Crippen LogP contribution in [0, 0.1) is 5.92 Å². The van der Waals surface area contributed by atoms with Gasteiger partial charge in [0.1, 0.15) is 5.75 Å². The Morgan fingerprint density at radius 3 is 2.56 bits per heavy atom. The van der Waals surface area contributed by atoms with Gasteiger partial charge in [0.05, 0.1) is 5.69 Å². The van der Waals surface area contributed by atoms with E-state index < -0.39 is 0 Å². The Kier molecular flexibility index (Phi) is 3.98. The van der Waals surface area contributed by atoms with Gasteiger partial charge in [-0.25, -0.2) is 0 Å². The van der Waals surface area contributed by atoms with E-state index in [0.717, 1.165) is 17.7 Å². The van der Waals surface area contributed by atoms with Crippen molar-refractivity contribution in [2.75, 3.05) is 0 Å². The van der Waals surface area contributed by atoms with Crippen molar-refractivity contribution in [3.05, 3.63) is 48.2 Å². The van der Waals surface area contributed by atoms with Crippen LogP contribution in [0.4, 0.5) is 0 Å². The normalized spacial score (nSPS) is 12.3. The minimum absolute atomic E-state index is 0.290. The minimum atomic E-state index is 0.290. The highest BCUT2D eigenvalue weighted by atomic mass is 16.3. The quantitative estimate of drug-likeness (QED) is 0.876. The number of phenols is 1. The molecule has 0 bridgehead atoms. The van der Waals surface area contributed by atoms with E-state index >= 15 is 0 Å². The zero-order chi connectivity index (χ0) is 13.0. The summed E-state index contributed by atoms with van der Waals surface area (Å²) >= 11 is 0. The first-order valence-electron chi connectivity index (χ1n) is 6.44. The molecule has 2 heteroatoms. The van der Waals surface area contributed by atoms with Crippen LogP contribution in [0.3, 0.4) is 0 Å². The van der Waals surface area contributed by atoms with E-state index in [-0.39, 0.29) is 5.75 Å². The highest BCUT2D eigenvalue weighted by molar-refractivity contribution is 5.63. The molecule has 0 aliphatic rings. The molecule has 2 aromatic rings. The molecule has 94 valence electrons. The van der Waals surface area contributed by atoms with Crippen LogP contribution in [-0.4, -0.2) is 10.1 Å². The van der Waals surface area contributed by atoms with Gasteiger partial charge < -0.3 is 5.11 Å². The molecule has 2 rings (SSSR count). The van der Waals surface area contributed by atoms with Crippen LogP contribution in [-0.2, 0) is 6.42 Å². The maximum absolute atomic E-state index is 9.34. The van der Waals surface area contributed by atoms with Crippen molar-refractivity contribution in [2.24, 2.45) is 5.92 Å². The molecule has 0 aliphatic heterocycles. The summed E-state index contributed by atoms with van der Waals surface area (Å²) in [6.45, 7) is 4.47. The van der Waals surface area contributed by atoms with E-state index in [4.69, 9.17) is 0 Å². The lowest BCUT2D eigenvalue weighted by atomic mass is 9.95. The van der Waals surface area contributed by atoms with Crippen molar-refractivity contribution in [3.8, 4) is 17.0 Å². The molecular weight excluding hydrogens is 222 g/mol. The molecule has 0 saturated heterocycles. The van der Waals surface area contributed by atoms with E-state index in [1.54, 1.807) is 12.1 Å². The van der Waals surface area contributed by atoms with Gasteiger partial charge in [-0.1, -0.05) is 26.3 Å². The molecule has 1 heterocycles. The fraction of sp³-hybridized carbons (Fsp3) is 0.312. The van der Waals surface area contributed by atoms with Gasteiger partial charge in [0.2, 0.25) is 0 Å². The predicted molar refractivity (Wildman–Crippen MR) is 74.5 cm³/mol. The van der Waals surface area contributed by atoms with Crippen LogP contribution in [0.1, 0.15) is 25.8 Å². The maximum atomic E-state index is 9.34. The Morgan fingerprint density at radius 1 is 1.17 bits per heavy atom. The number of pyridine rings is 1. The van der Waals surface area contributed by atoms with Crippen molar-refractivity contribution in [1.29, 1.82) is 0 Å². The summed E-state index contributed by atoms with van der Waals surface area (Å²) in [5.74, 6) is 0.947. The summed E-state index contributed by atoms with van der Waals surface area (Å²) < 4.78 is 0. The lowest BCUT2D eigenvalue weighted by Gasteiger charge is -2.12. The topological polar surface area (TPSA) is 33.1 Å². The van der Waals surface area contributed by atoms with E-state index in [2.05, 4.69) is 24.9 Å². The van der Waals surface area contributed by atoms with Gasteiger partial charge in [0.15, 0.2) is 0 Å². The van der Waals surface area contributed by atoms with Crippen LogP contribution in [0.25, 0.3) is 11.3 Å². The third kappa shape index (κ3) is 2.89. The zero-order valence-electron chi connectivity index (χ0n) is 10.9. The summed E-state index contributed by atoms with van der Waals surface area (Å²) in [7, 11) is 0. The predicted octanol–water partition coefficient (Wildman–Crippen LogP) is 4.04. The lowest BCUT2D eigenvalue weighted by Crippen LogP contribution is -2.01. The van der Waals surface area contributed by atoms with Crippen LogP contribution < -0.4 is 0 Å². The molecular formula is C16H19NO. The summed E-state index contributed by atoms with van der Waals surface area (Å²) in [5.41, 5.74) is 3.36. The third-order valence-electron chi connectivity index (χ3n) is 3.30. The second-order valence-electron chi connectivity index (χ2n) is 4.78. The van der Waals surface area contributed by atoms with E-state index in [1.807, 2.05) is 24.4 Å². The van der Waals surface area contributed by atoms with Crippen LogP contribution >= 0.6 is 0 Å². The second kappa shape index (κ2) is 5.67. The molecule has 1 N–H and O–H groups in total. The van der Waals surface area contributed by atoms with Crippen molar-refractivity contribution in [2.45, 2.75) is 26.7 Å². The van der Waals surface area contributed by atoms with Gasteiger partial charge in [0, 0.05) is 11.8 Å². The van der Waals surface area contributed by atoms with Crippen molar-refractivity contribution in [1.82, 2.24) is 4.98 Å². The average molecular weight is 241 g/mol. The van der Waals surface area contributed by atoms with E-state index in [1.165, 1.54) is 12.0 Å². The molecule has 0 aliphatic carbocycles. The SMILES string of the molecule is CCC(C)Cc1cccnc1-c1ccc(O)cc1. The fourth-order valence-electron chi connectivity index (χ4n) is 2.00. The Balaban J connectivity index is 2.35. The average Bonchev–Trinajstić information content (AvgIpc) is 2.40. The lowest BCUT2D eigenvalue weighted by molar-refractivity contribution is 0.475. The van der Waals surface area contributed by atoms with Crippen LogP contribution in [0.5, 0.6) is 5.75 Å². The van der Waals surface area contributed by atoms with Crippen molar-refractivity contribution < 1.29 is 5.11 Å². The van der Waals surface area contributed by atoms with Gasteiger partial charge >= 0.3 is 0 Å². The highest BCUT2D eigenvalue weighted by Gasteiger charge is 2.09. The Labute approximate surface area is 108 Å². The Bertz CT molecular complexity index is 505. The van der Waals surface area contributed by atoms with Gasteiger partial charge in [-0.15, -0.1) is 0 Å². The molecule has 0 fully saturated rings. The first-order chi connectivity index (χ1) is 8.70. The molecule has 0 amide bonds. The van der Waals surface area contributed by atoms with Crippen molar-refractivity contribution >= 4 is 0 Å². The number of aromatic hydroxyl groups is 1. The molecule has 1 atom stereocenters. The number of nitrogens with zero attached hydrogens (tertiary/aromatic N) is 1. The number of rotatable bonds is 4. The molecule has 1 aromatic heterocycles. The standard InChI is InChI=1S/C16H19NO/c1-3-12(2)11-14-5-4-10-17-16(14)13-6-8-15(18)9-7-13/h4-10,12,18H,3,11H2,1-2H3. The Hall–Kier alpha value is -1.83. The molecule has 1 unspecified atom stereocenters. The van der Waals surface area contributed by atoms with Crippen LogP contribution in [0.15, 0.2) is 42.6 Å². The summed E-state index contributed by atoms with van der Waals surface area (Å²) in [6, 6.07) is 11.4. The fourth-order valence-corrected chi connectivity index (χ4v) is 2.00. The van der Waals surface area contributed by atoms with Crippen LogP contribution in [0.2, 0.25) is 0 Å². The van der Waals surface area contributed by atoms with Gasteiger partial charge in [0.25, 0.3) is 0 Å². The zero-order valence-corrected chi connectivity index (χ0v) is 10.9. The molecule has 18 heavy (non-hydrogen) atoms. The Morgan fingerprint density at radius 2 is 1.89 bits per heavy atom. The van der Waals surface area contributed by atoms with Gasteiger partial charge in [-0.05, 0) is 48.2 Å². The highest BCUT2D eigenvalue weighted by Crippen LogP contribution is 2.25. The smallest absolute Gasteiger partial charge is 0.115 e. The minimum Gasteiger partial charge on any atom is -0.508 e. The number of hydrogen-bond donors (Lipinski definition) is 1. The summed E-state index contributed by atoms with van der Waals surface area (Å²) in [6.07, 6.45) is 4.03. The van der Waals surface area contributed by atoms with Gasteiger partial charge in [-0.3, -0.25) is 4.98 Å². The van der Waals surface area contributed by atoms with Gasteiger partial charge in [-0.2, -0.15) is 0 Å². The largest absolute Gasteiger partial charge is 0.508 e. The number of hydrogen-bond acceptors (Lipinski definition) is 2.